The predicted molar refractivity (Wildman–Crippen MR) is 76.8 cm³/mol. The van der Waals surface area contributed by atoms with Crippen LogP contribution in [0.15, 0.2) is 6.20 Å². The lowest BCUT2D eigenvalue weighted by atomic mass is 9.90. The van der Waals surface area contributed by atoms with Crippen LogP contribution in [-0.4, -0.2) is 42.3 Å². The number of nitrogens with two attached hydrogens (primary N) is 2. The van der Waals surface area contributed by atoms with Crippen molar-refractivity contribution in [1.29, 1.82) is 0 Å². The van der Waals surface area contributed by atoms with Gasteiger partial charge in [0.2, 0.25) is 10.0 Å². The van der Waals surface area contributed by atoms with Gasteiger partial charge in [0.1, 0.15) is 5.82 Å². The average Bonchev–Trinajstić information content (AvgIpc) is 2.81. The predicted octanol–water partition coefficient (Wildman–Crippen LogP) is -0.442. The molecule has 114 valence electrons. The van der Waals surface area contributed by atoms with E-state index in [0.717, 1.165) is 24.8 Å². The van der Waals surface area contributed by atoms with Crippen molar-refractivity contribution in [2.75, 3.05) is 25.1 Å². The molecule has 0 saturated carbocycles. The second-order valence-corrected chi connectivity index (χ2v) is 7.31. The molecule has 1 fully saturated rings. The van der Waals surface area contributed by atoms with E-state index in [1.807, 2.05) is 0 Å². The van der Waals surface area contributed by atoms with E-state index in [9.17, 15) is 8.42 Å². The first kappa shape index (κ1) is 15.2. The first-order valence-corrected chi connectivity index (χ1v) is 8.46. The highest BCUT2D eigenvalue weighted by Gasteiger charge is 2.28. The molecule has 1 aliphatic rings. The van der Waals surface area contributed by atoms with Gasteiger partial charge in [0.25, 0.3) is 0 Å². The summed E-state index contributed by atoms with van der Waals surface area (Å²) in [6.45, 7) is 1.14. The second-order valence-electron chi connectivity index (χ2n) is 5.32. The van der Waals surface area contributed by atoms with E-state index in [1.165, 1.54) is 10.6 Å². The number of H-pyrrole nitrogens is 1. The Kier molecular flexibility index (Phi) is 4.63. The third-order valence-corrected chi connectivity index (χ3v) is 5.07. The van der Waals surface area contributed by atoms with Gasteiger partial charge in [-0.1, -0.05) is 0 Å². The number of piperidine rings is 1. The van der Waals surface area contributed by atoms with Crippen molar-refractivity contribution in [2.24, 2.45) is 11.8 Å². The fraction of sp³-hybridized carbons (Fsp3) is 0.727. The van der Waals surface area contributed by atoms with Crippen LogP contribution in [0.5, 0.6) is 0 Å². The zero-order chi connectivity index (χ0) is 14.8. The highest BCUT2D eigenvalue weighted by molar-refractivity contribution is 7.88. The van der Waals surface area contributed by atoms with Crippen LogP contribution in [0, 0.1) is 5.92 Å². The normalized spacial score (nSPS) is 22.8. The molecular weight excluding hydrogens is 280 g/mol. The Balaban J connectivity index is 2.03. The van der Waals surface area contributed by atoms with Crippen molar-refractivity contribution >= 4 is 15.8 Å². The van der Waals surface area contributed by atoms with Gasteiger partial charge in [-0.15, -0.1) is 0 Å². The summed E-state index contributed by atoms with van der Waals surface area (Å²) < 4.78 is 24.8. The quantitative estimate of drug-likeness (QED) is 0.431. The van der Waals surface area contributed by atoms with Crippen LogP contribution in [0.3, 0.4) is 0 Å². The molecule has 0 spiro atoms. The molecule has 0 amide bonds. The zero-order valence-electron chi connectivity index (χ0n) is 11.5. The van der Waals surface area contributed by atoms with Crippen LogP contribution in [-0.2, 0) is 10.0 Å². The fourth-order valence-electron chi connectivity index (χ4n) is 2.72. The highest BCUT2D eigenvalue weighted by atomic mass is 32.2. The molecule has 6 N–H and O–H groups in total. The van der Waals surface area contributed by atoms with Crippen molar-refractivity contribution < 1.29 is 8.42 Å². The first-order chi connectivity index (χ1) is 9.41. The van der Waals surface area contributed by atoms with Crippen molar-refractivity contribution in [3.8, 4) is 0 Å². The molecule has 9 heteroatoms. The number of aromatic amines is 1. The largest absolute Gasteiger partial charge is 0.384 e. The van der Waals surface area contributed by atoms with Gasteiger partial charge < -0.3 is 5.73 Å². The molecule has 2 rings (SSSR count). The van der Waals surface area contributed by atoms with E-state index in [1.54, 1.807) is 6.20 Å². The Morgan fingerprint density at radius 1 is 1.65 bits per heavy atom. The zero-order valence-corrected chi connectivity index (χ0v) is 12.4. The SMILES string of the molecule is CS(=O)(=O)N1CCCC(CC(NN)c2cn[nH]c2N)C1. The number of nitrogens with one attached hydrogen (secondary N) is 2. The van der Waals surface area contributed by atoms with Crippen LogP contribution < -0.4 is 17.0 Å². The summed E-state index contributed by atoms with van der Waals surface area (Å²) in [4.78, 5) is 0. The number of aromatic nitrogens is 2. The van der Waals surface area contributed by atoms with Crippen LogP contribution in [0.25, 0.3) is 0 Å². The summed E-state index contributed by atoms with van der Waals surface area (Å²) in [6.07, 6.45) is 5.49. The minimum Gasteiger partial charge on any atom is -0.384 e. The lowest BCUT2D eigenvalue weighted by Gasteiger charge is -2.32. The summed E-state index contributed by atoms with van der Waals surface area (Å²) in [5.74, 6) is 6.34. The number of nitrogens with zero attached hydrogens (tertiary/aromatic N) is 2. The molecule has 20 heavy (non-hydrogen) atoms. The molecule has 8 nitrogen and oxygen atoms in total. The van der Waals surface area contributed by atoms with Crippen LogP contribution in [0.1, 0.15) is 30.9 Å². The van der Waals surface area contributed by atoms with Crippen molar-refractivity contribution in [3.63, 3.8) is 0 Å². The number of anilines is 1. The van der Waals surface area contributed by atoms with Gasteiger partial charge in [0.05, 0.1) is 18.5 Å². The Labute approximate surface area is 118 Å². The summed E-state index contributed by atoms with van der Waals surface area (Å²) in [6, 6.07) is -0.127. The lowest BCUT2D eigenvalue weighted by Crippen LogP contribution is -2.41. The van der Waals surface area contributed by atoms with E-state index in [2.05, 4.69) is 15.6 Å². The molecular formula is C11H22N6O2S. The third kappa shape index (κ3) is 3.48. The minimum atomic E-state index is -3.12. The number of hydrogen-bond acceptors (Lipinski definition) is 6. The minimum absolute atomic E-state index is 0.127. The topological polar surface area (TPSA) is 130 Å². The van der Waals surface area contributed by atoms with E-state index in [-0.39, 0.29) is 12.0 Å². The smallest absolute Gasteiger partial charge is 0.211 e. The molecule has 0 aromatic carbocycles. The van der Waals surface area contributed by atoms with Gasteiger partial charge in [0, 0.05) is 18.7 Å². The molecule has 0 radical (unpaired) electrons. The van der Waals surface area contributed by atoms with E-state index < -0.39 is 10.0 Å². The summed E-state index contributed by atoms with van der Waals surface area (Å²) >= 11 is 0. The van der Waals surface area contributed by atoms with Gasteiger partial charge in [-0.3, -0.25) is 16.4 Å². The number of rotatable bonds is 5. The van der Waals surface area contributed by atoms with Crippen LogP contribution >= 0.6 is 0 Å². The molecule has 1 saturated heterocycles. The molecule has 1 aromatic heterocycles. The fourth-order valence-corrected chi connectivity index (χ4v) is 3.66. The molecule has 1 aromatic rings. The standard InChI is InChI=1S/C11H22N6O2S/c1-20(18,19)17-4-2-3-8(7-17)5-10(15-13)9-6-14-16-11(9)12/h6,8,10,15H,2-5,7,13H2,1H3,(H3,12,14,16). The third-order valence-electron chi connectivity index (χ3n) is 3.80. The van der Waals surface area contributed by atoms with E-state index in [0.29, 0.717) is 18.9 Å². The lowest BCUT2D eigenvalue weighted by molar-refractivity contribution is 0.238. The number of hydrazine groups is 1. The Hall–Kier alpha value is -1.16. The average molecular weight is 302 g/mol. The van der Waals surface area contributed by atoms with Gasteiger partial charge in [0.15, 0.2) is 0 Å². The summed E-state index contributed by atoms with van der Waals surface area (Å²) in [7, 11) is -3.12. The van der Waals surface area contributed by atoms with Gasteiger partial charge >= 0.3 is 0 Å². The van der Waals surface area contributed by atoms with Crippen molar-refractivity contribution in [1.82, 2.24) is 19.9 Å². The maximum atomic E-state index is 11.6. The molecule has 0 bridgehead atoms. The van der Waals surface area contributed by atoms with Crippen LogP contribution in [0.4, 0.5) is 5.82 Å². The Bertz CT molecular complexity index is 543. The second kappa shape index (κ2) is 6.08. The van der Waals surface area contributed by atoms with E-state index in [4.69, 9.17) is 11.6 Å². The van der Waals surface area contributed by atoms with Gasteiger partial charge in [-0.2, -0.15) is 5.10 Å². The maximum absolute atomic E-state index is 11.6. The van der Waals surface area contributed by atoms with Crippen LogP contribution in [0.2, 0.25) is 0 Å². The van der Waals surface area contributed by atoms with Gasteiger partial charge in [-0.25, -0.2) is 12.7 Å². The summed E-state index contributed by atoms with van der Waals surface area (Å²) in [5.41, 5.74) is 9.36. The molecule has 1 aliphatic heterocycles. The Morgan fingerprint density at radius 3 is 2.95 bits per heavy atom. The van der Waals surface area contributed by atoms with Crippen molar-refractivity contribution in [2.45, 2.75) is 25.3 Å². The first-order valence-electron chi connectivity index (χ1n) is 6.61. The molecule has 0 aliphatic carbocycles. The number of sulfonamides is 1. The molecule has 2 atom stereocenters. The highest BCUT2D eigenvalue weighted by Crippen LogP contribution is 2.29. The Morgan fingerprint density at radius 2 is 2.40 bits per heavy atom. The molecule has 2 heterocycles. The van der Waals surface area contributed by atoms with Gasteiger partial charge in [-0.05, 0) is 25.2 Å². The monoisotopic (exact) mass is 302 g/mol. The maximum Gasteiger partial charge on any atom is 0.211 e. The number of hydrogen-bond donors (Lipinski definition) is 4. The molecule has 2 unspecified atom stereocenters. The number of nitrogen functional groups attached to an aromatic ring is 1. The summed E-state index contributed by atoms with van der Waals surface area (Å²) in [5, 5.41) is 6.57. The van der Waals surface area contributed by atoms with E-state index >= 15 is 0 Å². The van der Waals surface area contributed by atoms with Crippen molar-refractivity contribution in [3.05, 3.63) is 11.8 Å².